The summed E-state index contributed by atoms with van der Waals surface area (Å²) >= 11 is 1.52. The van der Waals surface area contributed by atoms with Crippen LogP contribution < -0.4 is 9.80 Å². The molecule has 0 radical (unpaired) electrons. The molecule has 0 unspecified atom stereocenters. The van der Waals surface area contributed by atoms with Gasteiger partial charge < -0.3 is 4.90 Å². The molecule has 4 rings (SSSR count). The number of rotatable bonds is 6. The summed E-state index contributed by atoms with van der Waals surface area (Å²) in [4.78, 5) is 47.2. The van der Waals surface area contributed by atoms with E-state index in [-0.39, 0.29) is 30.6 Å². The number of likely N-dealkylation sites (N-methyl/N-ethyl adjacent to an activating group) is 1. The fraction of sp³-hybridized carbons (Fsp3) is 0.333. The molecule has 2 heterocycles. The third-order valence-electron chi connectivity index (χ3n) is 5.48. The van der Waals surface area contributed by atoms with Gasteiger partial charge in [-0.2, -0.15) is 0 Å². The van der Waals surface area contributed by atoms with Crippen molar-refractivity contribution in [2.75, 3.05) is 37.0 Å². The van der Waals surface area contributed by atoms with E-state index in [0.29, 0.717) is 29.5 Å². The van der Waals surface area contributed by atoms with Crippen LogP contribution in [0.3, 0.4) is 0 Å². The fourth-order valence-electron chi connectivity index (χ4n) is 3.84. The van der Waals surface area contributed by atoms with Gasteiger partial charge in [0, 0.05) is 31.5 Å². The van der Waals surface area contributed by atoms with Crippen LogP contribution in [0.1, 0.15) is 34.3 Å². The van der Waals surface area contributed by atoms with E-state index in [0.717, 1.165) is 21.3 Å². The average Bonchev–Trinajstić information content (AvgIpc) is 3.31. The molecule has 166 valence electrons. The van der Waals surface area contributed by atoms with Crippen LogP contribution in [0.25, 0.3) is 10.2 Å². The number of aromatic nitrogens is 1. The number of hydrogen-bond donors (Lipinski definition) is 0. The number of amides is 3. The average molecular weight is 451 g/mol. The molecule has 1 saturated heterocycles. The highest BCUT2D eigenvalue weighted by Gasteiger charge is 2.30. The first-order valence-corrected chi connectivity index (χ1v) is 11.4. The molecule has 0 atom stereocenters. The van der Waals surface area contributed by atoms with Crippen molar-refractivity contribution in [1.82, 2.24) is 9.88 Å². The fourth-order valence-corrected chi connectivity index (χ4v) is 4.88. The maximum atomic E-state index is 13.5. The van der Waals surface area contributed by atoms with Crippen LogP contribution >= 0.6 is 11.3 Å². The van der Waals surface area contributed by atoms with Crippen LogP contribution in [0.4, 0.5) is 10.8 Å². The summed E-state index contributed by atoms with van der Waals surface area (Å²) in [6.45, 7) is 5.28. The molecule has 7 nitrogen and oxygen atoms in total. The number of thiazole rings is 1. The van der Waals surface area contributed by atoms with Crippen molar-refractivity contribution in [3.8, 4) is 0 Å². The van der Waals surface area contributed by atoms with E-state index >= 15 is 0 Å². The van der Waals surface area contributed by atoms with E-state index in [1.807, 2.05) is 32.0 Å². The van der Waals surface area contributed by atoms with E-state index in [1.165, 1.54) is 16.2 Å². The molecule has 32 heavy (non-hydrogen) atoms. The minimum absolute atomic E-state index is 0.161. The first-order chi connectivity index (χ1) is 15.2. The number of anilines is 2. The largest absolute Gasteiger partial charge is 0.308 e. The third-order valence-corrected chi connectivity index (χ3v) is 6.71. The highest BCUT2D eigenvalue weighted by Crippen LogP contribution is 2.33. The lowest BCUT2D eigenvalue weighted by molar-refractivity contribution is -0.121. The lowest BCUT2D eigenvalue weighted by atomic mass is 10.1. The molecule has 3 aromatic rings. The van der Waals surface area contributed by atoms with Gasteiger partial charge in [0.05, 0.1) is 15.9 Å². The maximum Gasteiger partial charge on any atom is 0.260 e. The predicted octanol–water partition coefficient (Wildman–Crippen LogP) is 3.77. The highest BCUT2D eigenvalue weighted by molar-refractivity contribution is 7.22. The van der Waals surface area contributed by atoms with Crippen molar-refractivity contribution in [3.63, 3.8) is 0 Å². The molecule has 1 aliphatic heterocycles. The lowest BCUT2D eigenvalue weighted by Crippen LogP contribution is -2.36. The van der Waals surface area contributed by atoms with Gasteiger partial charge in [-0.15, -0.1) is 0 Å². The van der Waals surface area contributed by atoms with Gasteiger partial charge in [0.2, 0.25) is 11.8 Å². The smallest absolute Gasteiger partial charge is 0.260 e. The minimum atomic E-state index is -0.207. The Kier molecular flexibility index (Phi) is 6.08. The third kappa shape index (κ3) is 4.28. The molecule has 0 N–H and O–H groups in total. The van der Waals surface area contributed by atoms with E-state index < -0.39 is 0 Å². The topological polar surface area (TPSA) is 73.8 Å². The van der Waals surface area contributed by atoms with Gasteiger partial charge in [-0.1, -0.05) is 17.4 Å². The van der Waals surface area contributed by atoms with Gasteiger partial charge in [-0.05, 0) is 69.4 Å². The Labute approximate surface area is 191 Å². The van der Waals surface area contributed by atoms with Gasteiger partial charge in [-0.25, -0.2) is 4.98 Å². The Morgan fingerprint density at radius 3 is 2.31 bits per heavy atom. The molecule has 2 aromatic carbocycles. The van der Waals surface area contributed by atoms with Crippen molar-refractivity contribution in [2.24, 2.45) is 0 Å². The van der Waals surface area contributed by atoms with Gasteiger partial charge in [0.25, 0.3) is 5.91 Å². The minimum Gasteiger partial charge on any atom is -0.308 e. The number of carbonyl (C=O) groups is 3. The molecular formula is C24H26N4O3S. The lowest BCUT2D eigenvalue weighted by Gasteiger charge is -2.22. The summed E-state index contributed by atoms with van der Waals surface area (Å²) in [5.41, 5.74) is 4.16. The number of benzene rings is 2. The number of carbonyl (C=O) groups excluding carboxylic acids is 3. The van der Waals surface area contributed by atoms with E-state index in [9.17, 15) is 14.4 Å². The zero-order valence-electron chi connectivity index (χ0n) is 18.7. The molecule has 1 aliphatic rings. The SMILES string of the molecule is Cc1cc(C)c2sc(N(CCN(C)C)C(=O)c3ccc(N4C(=O)CCC4=O)cc3)nc2c1. The molecule has 0 bridgehead atoms. The zero-order chi connectivity index (χ0) is 23.0. The van der Waals surface area contributed by atoms with Gasteiger partial charge in [0.1, 0.15) is 0 Å². The van der Waals surface area contributed by atoms with Crippen molar-refractivity contribution >= 4 is 50.1 Å². The molecule has 0 aliphatic carbocycles. The number of aryl methyl sites for hydroxylation is 2. The van der Waals surface area contributed by atoms with Crippen LogP contribution in [0, 0.1) is 13.8 Å². The monoisotopic (exact) mass is 450 g/mol. The molecule has 1 fully saturated rings. The highest BCUT2D eigenvalue weighted by atomic mass is 32.1. The Morgan fingerprint density at radius 2 is 1.69 bits per heavy atom. The van der Waals surface area contributed by atoms with E-state index in [1.54, 1.807) is 29.2 Å². The second kappa shape index (κ2) is 8.80. The molecule has 0 spiro atoms. The van der Waals surface area contributed by atoms with Crippen LogP contribution in [-0.2, 0) is 9.59 Å². The van der Waals surface area contributed by atoms with Crippen molar-refractivity contribution in [2.45, 2.75) is 26.7 Å². The second-order valence-corrected chi connectivity index (χ2v) is 9.33. The Bertz CT molecular complexity index is 1180. The Hall–Kier alpha value is -3.10. The number of hydrogen-bond acceptors (Lipinski definition) is 6. The normalized spacial score (nSPS) is 14.1. The molecule has 8 heteroatoms. The summed E-state index contributed by atoms with van der Waals surface area (Å²) < 4.78 is 1.08. The summed E-state index contributed by atoms with van der Waals surface area (Å²) in [5.74, 6) is -0.574. The first kappa shape index (κ1) is 22.1. The summed E-state index contributed by atoms with van der Waals surface area (Å²) in [6, 6.07) is 10.8. The second-order valence-electron chi connectivity index (χ2n) is 8.36. The number of imide groups is 1. The van der Waals surface area contributed by atoms with Gasteiger partial charge >= 0.3 is 0 Å². The van der Waals surface area contributed by atoms with Crippen LogP contribution in [0.5, 0.6) is 0 Å². The van der Waals surface area contributed by atoms with E-state index in [2.05, 4.69) is 13.0 Å². The van der Waals surface area contributed by atoms with Crippen LogP contribution in [0.2, 0.25) is 0 Å². The van der Waals surface area contributed by atoms with Crippen molar-refractivity contribution in [1.29, 1.82) is 0 Å². The quantitative estimate of drug-likeness (QED) is 0.535. The first-order valence-electron chi connectivity index (χ1n) is 10.5. The summed E-state index contributed by atoms with van der Waals surface area (Å²) in [7, 11) is 3.93. The molecule has 1 aromatic heterocycles. The zero-order valence-corrected chi connectivity index (χ0v) is 19.5. The molecular weight excluding hydrogens is 424 g/mol. The predicted molar refractivity (Wildman–Crippen MR) is 127 cm³/mol. The van der Waals surface area contributed by atoms with Crippen molar-refractivity contribution < 1.29 is 14.4 Å². The van der Waals surface area contributed by atoms with Gasteiger partial charge in [0.15, 0.2) is 5.13 Å². The van der Waals surface area contributed by atoms with Crippen LogP contribution in [0.15, 0.2) is 36.4 Å². The Morgan fingerprint density at radius 1 is 1.03 bits per heavy atom. The van der Waals surface area contributed by atoms with Gasteiger partial charge in [-0.3, -0.25) is 24.2 Å². The van der Waals surface area contributed by atoms with Crippen LogP contribution in [-0.4, -0.2) is 54.8 Å². The number of nitrogens with zero attached hydrogens (tertiary/aromatic N) is 4. The Balaban J connectivity index is 1.66. The number of fused-ring (bicyclic) bond motifs is 1. The standard InChI is InChI=1S/C24H26N4O3S/c1-15-13-16(2)22-19(14-15)25-24(32-22)27(12-11-26(3)4)23(31)17-5-7-18(8-6-17)28-20(29)9-10-21(28)30/h5-8,13-14H,9-12H2,1-4H3. The van der Waals surface area contributed by atoms with Crippen molar-refractivity contribution in [3.05, 3.63) is 53.1 Å². The maximum absolute atomic E-state index is 13.5. The van der Waals surface area contributed by atoms with E-state index in [4.69, 9.17) is 4.98 Å². The summed E-state index contributed by atoms with van der Waals surface area (Å²) in [5, 5.41) is 0.662. The summed E-state index contributed by atoms with van der Waals surface area (Å²) in [6.07, 6.45) is 0.461. The molecule has 3 amide bonds. The molecule has 0 saturated carbocycles.